The van der Waals surface area contributed by atoms with Crippen molar-refractivity contribution < 1.29 is 23.8 Å². The maximum atomic E-state index is 11.3. The van der Waals surface area contributed by atoms with Crippen molar-refractivity contribution in [1.29, 1.82) is 0 Å². The third-order valence-electron chi connectivity index (χ3n) is 4.22. The number of ether oxygens (including phenoxy) is 3. The first-order valence-corrected chi connectivity index (χ1v) is 8.90. The minimum Gasteiger partial charge on any atom is -0.499 e. The molecule has 5 heteroatoms. The largest absolute Gasteiger partial charge is 0.499 e. The molecule has 0 saturated carbocycles. The van der Waals surface area contributed by atoms with Crippen LogP contribution in [0.4, 0.5) is 0 Å². The summed E-state index contributed by atoms with van der Waals surface area (Å²) in [6.45, 7) is 11.6. The Hall–Kier alpha value is -1.36. The van der Waals surface area contributed by atoms with E-state index in [1.807, 2.05) is 0 Å². The van der Waals surface area contributed by atoms with Gasteiger partial charge in [-0.1, -0.05) is 13.5 Å². The van der Waals surface area contributed by atoms with E-state index in [1.165, 1.54) is 6.92 Å². The Labute approximate surface area is 145 Å². The Balaban J connectivity index is 1.98. The van der Waals surface area contributed by atoms with Crippen molar-refractivity contribution in [3.63, 3.8) is 0 Å². The second-order valence-corrected chi connectivity index (χ2v) is 7.09. The summed E-state index contributed by atoms with van der Waals surface area (Å²) in [5.41, 5.74) is -0.0419. The molecular weight excluding hydrogens is 308 g/mol. The van der Waals surface area contributed by atoms with Crippen LogP contribution in [0.5, 0.6) is 0 Å². The van der Waals surface area contributed by atoms with Gasteiger partial charge in [0.05, 0.1) is 31.0 Å². The summed E-state index contributed by atoms with van der Waals surface area (Å²) >= 11 is 0. The van der Waals surface area contributed by atoms with Crippen LogP contribution in [0.3, 0.4) is 0 Å². The van der Waals surface area contributed by atoms with Gasteiger partial charge in [0.25, 0.3) is 0 Å². The molecule has 1 aliphatic heterocycles. The minimum absolute atomic E-state index is 0.00480. The topological polar surface area (TPSA) is 61.8 Å². The van der Waals surface area contributed by atoms with Gasteiger partial charge in [-0.2, -0.15) is 0 Å². The standard InChI is InChI=1S/C19H32O5/c1-15-13-19(4,24-14-15)10-9-17(3)22-11-5-6-12-23-18(21)8-7-16(2)20/h15H,3,5-14H2,1-2,4H3. The summed E-state index contributed by atoms with van der Waals surface area (Å²) in [4.78, 5) is 22.1. The molecule has 0 spiro atoms. The van der Waals surface area contributed by atoms with E-state index >= 15 is 0 Å². The first-order chi connectivity index (χ1) is 11.3. The Morgan fingerprint density at radius 3 is 2.42 bits per heavy atom. The molecule has 1 rings (SSSR count). The fraction of sp³-hybridized carbons (Fsp3) is 0.789. The summed E-state index contributed by atoms with van der Waals surface area (Å²) in [7, 11) is 0. The number of hydrogen-bond donors (Lipinski definition) is 0. The first kappa shape index (κ1) is 20.7. The van der Waals surface area contributed by atoms with E-state index in [1.54, 1.807) is 0 Å². The van der Waals surface area contributed by atoms with Gasteiger partial charge in [0, 0.05) is 19.4 Å². The average molecular weight is 340 g/mol. The van der Waals surface area contributed by atoms with E-state index in [4.69, 9.17) is 14.2 Å². The third kappa shape index (κ3) is 9.06. The number of allylic oxidation sites excluding steroid dienone is 1. The van der Waals surface area contributed by atoms with E-state index in [0.29, 0.717) is 19.1 Å². The molecule has 0 amide bonds. The van der Waals surface area contributed by atoms with Crippen LogP contribution in [0.1, 0.15) is 65.7 Å². The maximum absolute atomic E-state index is 11.3. The molecule has 1 aliphatic rings. The predicted octanol–water partition coefficient (Wildman–Crippen LogP) is 3.80. The summed E-state index contributed by atoms with van der Waals surface area (Å²) in [6.07, 6.45) is 4.81. The van der Waals surface area contributed by atoms with Gasteiger partial charge in [0.15, 0.2) is 0 Å². The van der Waals surface area contributed by atoms with Gasteiger partial charge >= 0.3 is 5.97 Å². The van der Waals surface area contributed by atoms with Gasteiger partial charge in [0.2, 0.25) is 0 Å². The number of carbonyl (C=O) groups is 2. The lowest BCUT2D eigenvalue weighted by molar-refractivity contribution is -0.144. The quantitative estimate of drug-likeness (QED) is 0.307. The maximum Gasteiger partial charge on any atom is 0.306 e. The summed E-state index contributed by atoms with van der Waals surface area (Å²) < 4.78 is 16.5. The predicted molar refractivity (Wildman–Crippen MR) is 92.6 cm³/mol. The van der Waals surface area contributed by atoms with Crippen molar-refractivity contribution in [3.8, 4) is 0 Å². The van der Waals surface area contributed by atoms with Crippen LogP contribution in [-0.4, -0.2) is 37.2 Å². The lowest BCUT2D eigenvalue weighted by Gasteiger charge is -2.23. The van der Waals surface area contributed by atoms with Crippen molar-refractivity contribution in [2.24, 2.45) is 5.92 Å². The lowest BCUT2D eigenvalue weighted by atomic mass is 9.92. The second-order valence-electron chi connectivity index (χ2n) is 7.09. The van der Waals surface area contributed by atoms with E-state index in [-0.39, 0.29) is 30.2 Å². The molecule has 0 bridgehead atoms. The van der Waals surface area contributed by atoms with Crippen LogP contribution in [0.15, 0.2) is 12.3 Å². The molecular formula is C19H32O5. The van der Waals surface area contributed by atoms with Gasteiger partial charge in [-0.25, -0.2) is 0 Å². The Bertz CT molecular complexity index is 431. The van der Waals surface area contributed by atoms with Gasteiger partial charge in [-0.05, 0) is 45.4 Å². The zero-order chi connectivity index (χ0) is 18.0. The molecule has 1 saturated heterocycles. The van der Waals surface area contributed by atoms with E-state index in [2.05, 4.69) is 20.4 Å². The second kappa shape index (κ2) is 10.5. The molecule has 0 N–H and O–H groups in total. The highest BCUT2D eigenvalue weighted by molar-refractivity contribution is 5.80. The summed E-state index contributed by atoms with van der Waals surface area (Å²) in [5, 5.41) is 0. The highest BCUT2D eigenvalue weighted by Gasteiger charge is 2.33. The van der Waals surface area contributed by atoms with Crippen LogP contribution in [-0.2, 0) is 23.8 Å². The molecule has 1 fully saturated rings. The van der Waals surface area contributed by atoms with Crippen molar-refractivity contribution in [1.82, 2.24) is 0 Å². The van der Waals surface area contributed by atoms with Crippen molar-refractivity contribution in [2.75, 3.05) is 19.8 Å². The van der Waals surface area contributed by atoms with Crippen LogP contribution in [0, 0.1) is 5.92 Å². The lowest BCUT2D eigenvalue weighted by Crippen LogP contribution is -2.23. The van der Waals surface area contributed by atoms with E-state index in [9.17, 15) is 9.59 Å². The van der Waals surface area contributed by atoms with Crippen molar-refractivity contribution in [3.05, 3.63) is 12.3 Å². The Kier molecular flexibility index (Phi) is 9.04. The monoisotopic (exact) mass is 340 g/mol. The van der Waals surface area contributed by atoms with Crippen molar-refractivity contribution >= 4 is 11.8 Å². The highest BCUT2D eigenvalue weighted by Crippen LogP contribution is 2.34. The number of rotatable bonds is 12. The molecule has 0 aromatic heterocycles. The SMILES string of the molecule is C=C(CCC1(C)CC(C)CO1)OCCCCOC(=O)CCC(C)=O. The first-order valence-electron chi connectivity index (χ1n) is 8.90. The van der Waals surface area contributed by atoms with E-state index in [0.717, 1.165) is 44.5 Å². The molecule has 0 aromatic carbocycles. The normalized spacial score (nSPS) is 23.0. The zero-order valence-corrected chi connectivity index (χ0v) is 15.4. The number of hydrogen-bond acceptors (Lipinski definition) is 5. The fourth-order valence-corrected chi connectivity index (χ4v) is 2.81. The Morgan fingerprint density at radius 1 is 1.17 bits per heavy atom. The van der Waals surface area contributed by atoms with Crippen LogP contribution in [0.25, 0.3) is 0 Å². The Morgan fingerprint density at radius 2 is 1.83 bits per heavy atom. The van der Waals surface area contributed by atoms with Crippen LogP contribution < -0.4 is 0 Å². The minimum atomic E-state index is -0.311. The molecule has 24 heavy (non-hydrogen) atoms. The average Bonchev–Trinajstić information content (AvgIpc) is 2.86. The number of carbonyl (C=O) groups excluding carboxylic acids is 2. The number of unbranched alkanes of at least 4 members (excludes halogenated alkanes) is 1. The van der Waals surface area contributed by atoms with Crippen LogP contribution in [0.2, 0.25) is 0 Å². The molecule has 0 aliphatic carbocycles. The molecule has 138 valence electrons. The number of ketones is 1. The van der Waals surface area contributed by atoms with Crippen LogP contribution >= 0.6 is 0 Å². The fourth-order valence-electron chi connectivity index (χ4n) is 2.81. The molecule has 2 atom stereocenters. The molecule has 0 aromatic rings. The van der Waals surface area contributed by atoms with Gasteiger partial charge < -0.3 is 19.0 Å². The smallest absolute Gasteiger partial charge is 0.306 e. The summed E-state index contributed by atoms with van der Waals surface area (Å²) in [6, 6.07) is 0. The third-order valence-corrected chi connectivity index (χ3v) is 4.22. The number of Topliss-reactive ketones (excluding diaryl/α,β-unsaturated/α-hetero) is 1. The molecule has 1 heterocycles. The summed E-state index contributed by atoms with van der Waals surface area (Å²) in [5.74, 6) is 1.11. The molecule has 2 unspecified atom stereocenters. The highest BCUT2D eigenvalue weighted by atomic mass is 16.5. The zero-order valence-electron chi connectivity index (χ0n) is 15.4. The van der Waals surface area contributed by atoms with Gasteiger partial charge in [-0.3, -0.25) is 4.79 Å². The van der Waals surface area contributed by atoms with Gasteiger partial charge in [0.1, 0.15) is 5.78 Å². The van der Waals surface area contributed by atoms with Gasteiger partial charge in [-0.15, -0.1) is 0 Å². The number of esters is 1. The molecule has 5 nitrogen and oxygen atoms in total. The molecule has 0 radical (unpaired) electrons. The van der Waals surface area contributed by atoms with E-state index < -0.39 is 0 Å². The van der Waals surface area contributed by atoms with Crippen molar-refractivity contribution in [2.45, 2.75) is 71.3 Å².